The van der Waals surface area contributed by atoms with Gasteiger partial charge in [-0.1, -0.05) is 26.3 Å². The molecule has 3 atom stereocenters. The molecule has 0 radical (unpaired) electrons. The molecule has 1 fully saturated rings. The molecule has 0 bridgehead atoms. The van der Waals surface area contributed by atoms with Gasteiger partial charge in [-0.2, -0.15) is 0 Å². The van der Waals surface area contributed by atoms with Crippen molar-refractivity contribution in [2.75, 3.05) is 37.7 Å². The van der Waals surface area contributed by atoms with E-state index in [1.807, 2.05) is 30.9 Å². The lowest BCUT2D eigenvalue weighted by molar-refractivity contribution is 0.110. The van der Waals surface area contributed by atoms with Crippen LogP contribution in [0.4, 0.5) is 10.1 Å². The number of halogens is 1. The summed E-state index contributed by atoms with van der Waals surface area (Å²) in [5.41, 5.74) is 1.54. The minimum Gasteiger partial charge on any atom is -0.392 e. The smallest absolute Gasteiger partial charge is 0.146 e. The lowest BCUT2D eigenvalue weighted by Crippen LogP contribution is -2.36. The zero-order valence-electron chi connectivity index (χ0n) is 14.4. The standard InChI is InChI=1S/C18H29FN2O2/c1-4-13(2)18(22)12-20-14(3)15-5-6-17(16(19)11-15)21-7-9-23-10-8-21/h5-6,11,13-14,18,20,22H,4,7-10,12H2,1-3H3. The second-order valence-electron chi connectivity index (χ2n) is 6.39. The Morgan fingerprint density at radius 2 is 2.00 bits per heavy atom. The Balaban J connectivity index is 1.96. The van der Waals surface area contributed by atoms with Gasteiger partial charge < -0.3 is 20.1 Å². The largest absolute Gasteiger partial charge is 0.392 e. The van der Waals surface area contributed by atoms with Crippen LogP contribution in [-0.2, 0) is 4.74 Å². The highest BCUT2D eigenvalue weighted by atomic mass is 19.1. The van der Waals surface area contributed by atoms with E-state index in [2.05, 4.69) is 12.2 Å². The number of ether oxygens (including phenoxy) is 1. The van der Waals surface area contributed by atoms with Crippen molar-refractivity contribution in [1.29, 1.82) is 0 Å². The summed E-state index contributed by atoms with van der Waals surface area (Å²) in [6, 6.07) is 5.40. The van der Waals surface area contributed by atoms with Crippen molar-refractivity contribution < 1.29 is 14.2 Å². The molecule has 130 valence electrons. The van der Waals surface area contributed by atoms with Crippen molar-refractivity contribution >= 4 is 5.69 Å². The van der Waals surface area contributed by atoms with E-state index in [1.165, 1.54) is 0 Å². The van der Waals surface area contributed by atoms with Gasteiger partial charge >= 0.3 is 0 Å². The Morgan fingerprint density at radius 3 is 2.61 bits per heavy atom. The van der Waals surface area contributed by atoms with Crippen molar-refractivity contribution in [2.45, 2.75) is 39.3 Å². The Hall–Kier alpha value is -1.17. The highest BCUT2D eigenvalue weighted by molar-refractivity contribution is 5.49. The summed E-state index contributed by atoms with van der Waals surface area (Å²) in [5.74, 6) is 0.0654. The first-order valence-corrected chi connectivity index (χ1v) is 8.56. The van der Waals surface area contributed by atoms with Crippen LogP contribution in [0.25, 0.3) is 0 Å². The van der Waals surface area contributed by atoms with E-state index in [-0.39, 0.29) is 23.9 Å². The molecule has 1 aromatic carbocycles. The average Bonchev–Trinajstić information content (AvgIpc) is 2.59. The first-order chi connectivity index (χ1) is 11.0. The molecule has 1 aromatic rings. The quantitative estimate of drug-likeness (QED) is 0.809. The highest BCUT2D eigenvalue weighted by Crippen LogP contribution is 2.24. The van der Waals surface area contributed by atoms with Gasteiger partial charge in [0, 0.05) is 25.7 Å². The van der Waals surface area contributed by atoms with E-state index in [0.29, 0.717) is 25.4 Å². The molecule has 1 aliphatic rings. The molecule has 5 heteroatoms. The number of rotatable bonds is 7. The molecule has 0 aliphatic carbocycles. The van der Waals surface area contributed by atoms with Crippen LogP contribution in [0.1, 0.15) is 38.8 Å². The fourth-order valence-corrected chi connectivity index (χ4v) is 2.74. The van der Waals surface area contributed by atoms with Crippen LogP contribution in [0.2, 0.25) is 0 Å². The van der Waals surface area contributed by atoms with Crippen molar-refractivity contribution in [3.8, 4) is 0 Å². The number of aliphatic hydroxyl groups is 1. The third-order valence-corrected chi connectivity index (χ3v) is 4.76. The van der Waals surface area contributed by atoms with Crippen LogP contribution in [0, 0.1) is 11.7 Å². The average molecular weight is 324 g/mol. The summed E-state index contributed by atoms with van der Waals surface area (Å²) in [6.07, 6.45) is 0.569. The normalized spacial score (nSPS) is 19.4. The van der Waals surface area contributed by atoms with E-state index in [4.69, 9.17) is 4.74 Å². The maximum atomic E-state index is 14.4. The van der Waals surface area contributed by atoms with Crippen LogP contribution < -0.4 is 10.2 Å². The molecule has 0 amide bonds. The van der Waals surface area contributed by atoms with Crippen LogP contribution in [0.3, 0.4) is 0 Å². The molecule has 23 heavy (non-hydrogen) atoms. The van der Waals surface area contributed by atoms with E-state index < -0.39 is 0 Å². The van der Waals surface area contributed by atoms with Gasteiger partial charge in [0.25, 0.3) is 0 Å². The maximum Gasteiger partial charge on any atom is 0.146 e. The van der Waals surface area contributed by atoms with Crippen molar-refractivity contribution in [3.63, 3.8) is 0 Å². The van der Waals surface area contributed by atoms with Crippen LogP contribution >= 0.6 is 0 Å². The zero-order chi connectivity index (χ0) is 16.8. The van der Waals surface area contributed by atoms with Gasteiger partial charge in [0.05, 0.1) is 25.0 Å². The summed E-state index contributed by atoms with van der Waals surface area (Å²) < 4.78 is 19.7. The fourth-order valence-electron chi connectivity index (χ4n) is 2.74. The number of hydrogen-bond acceptors (Lipinski definition) is 4. The van der Waals surface area contributed by atoms with Crippen molar-refractivity contribution in [2.24, 2.45) is 5.92 Å². The molecule has 1 aliphatic heterocycles. The van der Waals surface area contributed by atoms with Gasteiger partial charge in [-0.05, 0) is 30.5 Å². The molecule has 1 heterocycles. The first kappa shape index (κ1) is 18.2. The van der Waals surface area contributed by atoms with Gasteiger partial charge in [-0.3, -0.25) is 0 Å². The predicted octanol–water partition coefficient (Wildman–Crippen LogP) is 2.72. The molecular formula is C18H29FN2O2. The van der Waals surface area contributed by atoms with Crippen LogP contribution in [0.5, 0.6) is 0 Å². The van der Waals surface area contributed by atoms with Gasteiger partial charge in [0.15, 0.2) is 0 Å². The Kier molecular flexibility index (Phi) is 6.81. The second-order valence-corrected chi connectivity index (χ2v) is 6.39. The SMILES string of the molecule is CCC(C)C(O)CNC(C)c1ccc(N2CCOCC2)c(F)c1. The maximum absolute atomic E-state index is 14.4. The van der Waals surface area contributed by atoms with Crippen LogP contribution in [-0.4, -0.2) is 44.1 Å². The summed E-state index contributed by atoms with van der Waals surface area (Å²) in [5, 5.41) is 13.3. The monoisotopic (exact) mass is 324 g/mol. The first-order valence-electron chi connectivity index (χ1n) is 8.56. The fraction of sp³-hybridized carbons (Fsp3) is 0.667. The number of anilines is 1. The highest BCUT2D eigenvalue weighted by Gasteiger charge is 2.18. The van der Waals surface area contributed by atoms with E-state index in [1.54, 1.807) is 6.07 Å². The van der Waals surface area contributed by atoms with Gasteiger partial charge in [0.1, 0.15) is 5.82 Å². The third kappa shape index (κ3) is 4.90. The number of nitrogens with one attached hydrogen (secondary N) is 1. The molecule has 2 rings (SSSR count). The number of aliphatic hydroxyl groups excluding tert-OH is 1. The summed E-state index contributed by atoms with van der Waals surface area (Å²) in [7, 11) is 0. The molecule has 0 aromatic heterocycles. The predicted molar refractivity (Wildman–Crippen MR) is 91.3 cm³/mol. The zero-order valence-corrected chi connectivity index (χ0v) is 14.4. The third-order valence-electron chi connectivity index (χ3n) is 4.76. The molecule has 1 saturated heterocycles. The van der Waals surface area contributed by atoms with Crippen molar-refractivity contribution in [1.82, 2.24) is 5.32 Å². The number of benzene rings is 1. The lowest BCUT2D eigenvalue weighted by atomic mass is 10.0. The summed E-state index contributed by atoms with van der Waals surface area (Å²) >= 11 is 0. The summed E-state index contributed by atoms with van der Waals surface area (Å²) in [6.45, 7) is 9.36. The molecular weight excluding hydrogens is 295 g/mol. The Labute approximate surface area is 138 Å². The minimum atomic E-state index is -0.375. The second kappa shape index (κ2) is 8.62. The van der Waals surface area contributed by atoms with E-state index in [9.17, 15) is 9.50 Å². The van der Waals surface area contributed by atoms with E-state index in [0.717, 1.165) is 25.1 Å². The van der Waals surface area contributed by atoms with Crippen molar-refractivity contribution in [3.05, 3.63) is 29.6 Å². The van der Waals surface area contributed by atoms with Gasteiger partial charge in [0.2, 0.25) is 0 Å². The number of nitrogens with zero attached hydrogens (tertiary/aromatic N) is 1. The summed E-state index contributed by atoms with van der Waals surface area (Å²) in [4.78, 5) is 2.02. The molecule has 2 N–H and O–H groups in total. The van der Waals surface area contributed by atoms with Gasteiger partial charge in [-0.25, -0.2) is 4.39 Å². The number of hydrogen-bond donors (Lipinski definition) is 2. The van der Waals surface area contributed by atoms with Gasteiger partial charge in [-0.15, -0.1) is 0 Å². The van der Waals surface area contributed by atoms with Crippen LogP contribution in [0.15, 0.2) is 18.2 Å². The molecule has 0 saturated carbocycles. The number of morpholine rings is 1. The molecule has 3 unspecified atom stereocenters. The molecule has 0 spiro atoms. The Bertz CT molecular complexity index is 492. The van der Waals surface area contributed by atoms with E-state index >= 15 is 0 Å². The minimum absolute atomic E-state index is 0.00180. The molecule has 4 nitrogen and oxygen atoms in total. The topological polar surface area (TPSA) is 44.7 Å². The Morgan fingerprint density at radius 1 is 1.30 bits per heavy atom. The lowest BCUT2D eigenvalue weighted by Gasteiger charge is -2.29.